The van der Waals surface area contributed by atoms with Crippen molar-refractivity contribution in [2.24, 2.45) is 0 Å². The van der Waals surface area contributed by atoms with Gasteiger partial charge in [-0.2, -0.15) is 0 Å². The second-order valence-corrected chi connectivity index (χ2v) is 7.91. The highest BCUT2D eigenvalue weighted by molar-refractivity contribution is 7.89. The summed E-state index contributed by atoms with van der Waals surface area (Å²) in [4.78, 5) is 0.291. The van der Waals surface area contributed by atoms with Gasteiger partial charge in [0.2, 0.25) is 10.0 Å². The van der Waals surface area contributed by atoms with Gasteiger partial charge in [0.15, 0.2) is 0 Å². The molecule has 0 aromatic heterocycles. The van der Waals surface area contributed by atoms with Crippen molar-refractivity contribution in [2.75, 3.05) is 28.3 Å². The van der Waals surface area contributed by atoms with Crippen LogP contribution in [0.4, 0.5) is 0 Å². The molecule has 7 heteroatoms. The summed E-state index contributed by atoms with van der Waals surface area (Å²) in [5, 5.41) is 3.33. The van der Waals surface area contributed by atoms with E-state index < -0.39 is 10.0 Å². The minimum Gasteiger partial charge on any atom is -0.497 e. The van der Waals surface area contributed by atoms with Crippen LogP contribution < -0.4 is 14.8 Å². The van der Waals surface area contributed by atoms with Crippen LogP contribution in [0.5, 0.6) is 11.5 Å². The second kappa shape index (κ2) is 8.33. The summed E-state index contributed by atoms with van der Waals surface area (Å²) < 4.78 is 35.8. The average molecular weight is 364 g/mol. The first-order valence-electron chi connectivity index (χ1n) is 7.81. The molecular weight excluding hydrogens is 340 g/mol. The van der Waals surface area contributed by atoms with Crippen LogP contribution in [0.1, 0.15) is 11.1 Å². The van der Waals surface area contributed by atoms with Gasteiger partial charge in [0, 0.05) is 33.3 Å². The lowest BCUT2D eigenvalue weighted by atomic mass is 10.2. The predicted octanol–water partition coefficient (Wildman–Crippen LogP) is 2.24. The van der Waals surface area contributed by atoms with Crippen LogP contribution in [0, 0.1) is 0 Å². The minimum absolute atomic E-state index is 0.291. The molecule has 0 atom stereocenters. The van der Waals surface area contributed by atoms with Crippen LogP contribution in [0.25, 0.3) is 0 Å². The largest absolute Gasteiger partial charge is 0.497 e. The fraction of sp³-hybridized carbons (Fsp3) is 0.333. The topological polar surface area (TPSA) is 67.9 Å². The smallest absolute Gasteiger partial charge is 0.242 e. The van der Waals surface area contributed by atoms with Crippen molar-refractivity contribution in [2.45, 2.75) is 18.0 Å². The molecule has 0 amide bonds. The van der Waals surface area contributed by atoms with E-state index in [-0.39, 0.29) is 0 Å². The van der Waals surface area contributed by atoms with Gasteiger partial charge in [-0.1, -0.05) is 12.1 Å². The van der Waals surface area contributed by atoms with Crippen LogP contribution in [0.2, 0.25) is 0 Å². The van der Waals surface area contributed by atoms with E-state index >= 15 is 0 Å². The van der Waals surface area contributed by atoms with Gasteiger partial charge in [-0.15, -0.1) is 0 Å². The number of hydrogen-bond donors (Lipinski definition) is 1. The Balaban J connectivity index is 1.98. The Morgan fingerprint density at radius 2 is 1.40 bits per heavy atom. The molecule has 0 fully saturated rings. The van der Waals surface area contributed by atoms with Gasteiger partial charge < -0.3 is 14.8 Å². The molecule has 1 N–H and O–H groups in total. The van der Waals surface area contributed by atoms with E-state index in [0.717, 1.165) is 22.6 Å². The molecule has 0 aliphatic heterocycles. The number of methoxy groups -OCH3 is 2. The van der Waals surface area contributed by atoms with E-state index in [1.165, 1.54) is 18.4 Å². The van der Waals surface area contributed by atoms with E-state index in [0.29, 0.717) is 18.0 Å². The third-order valence-corrected chi connectivity index (χ3v) is 5.60. The van der Waals surface area contributed by atoms with Crippen molar-refractivity contribution in [3.05, 3.63) is 53.6 Å². The highest BCUT2D eigenvalue weighted by Crippen LogP contribution is 2.22. The first-order valence-corrected chi connectivity index (χ1v) is 9.25. The van der Waals surface area contributed by atoms with E-state index in [2.05, 4.69) is 5.32 Å². The van der Waals surface area contributed by atoms with E-state index in [1.54, 1.807) is 26.4 Å². The zero-order valence-corrected chi connectivity index (χ0v) is 15.8. The first-order chi connectivity index (χ1) is 11.9. The molecular formula is C18H24N2O4S. The summed E-state index contributed by atoms with van der Waals surface area (Å²) in [5.74, 6) is 1.49. The molecule has 0 heterocycles. The maximum atomic E-state index is 12.0. The molecule has 0 unspecified atom stereocenters. The summed E-state index contributed by atoms with van der Waals surface area (Å²) >= 11 is 0. The fourth-order valence-corrected chi connectivity index (χ4v) is 3.21. The van der Waals surface area contributed by atoms with Gasteiger partial charge in [-0.05, 0) is 35.4 Å². The van der Waals surface area contributed by atoms with Gasteiger partial charge >= 0.3 is 0 Å². The number of nitrogens with zero attached hydrogens (tertiary/aromatic N) is 1. The summed E-state index contributed by atoms with van der Waals surface area (Å²) in [7, 11) is 2.90. The molecule has 0 aliphatic carbocycles. The minimum atomic E-state index is -3.39. The van der Waals surface area contributed by atoms with Crippen molar-refractivity contribution in [1.82, 2.24) is 9.62 Å². The zero-order chi connectivity index (χ0) is 18.4. The number of rotatable bonds is 8. The molecule has 2 rings (SSSR count). The van der Waals surface area contributed by atoms with Gasteiger partial charge in [0.1, 0.15) is 11.5 Å². The molecule has 25 heavy (non-hydrogen) atoms. The normalized spacial score (nSPS) is 11.6. The van der Waals surface area contributed by atoms with Crippen LogP contribution in [-0.2, 0) is 23.1 Å². The molecule has 0 bridgehead atoms. The van der Waals surface area contributed by atoms with Crippen molar-refractivity contribution < 1.29 is 17.9 Å². The summed E-state index contributed by atoms with van der Waals surface area (Å²) in [5.41, 5.74) is 2.05. The van der Waals surface area contributed by atoms with Crippen molar-refractivity contribution >= 4 is 10.0 Å². The van der Waals surface area contributed by atoms with Crippen LogP contribution >= 0.6 is 0 Å². The Bertz CT molecular complexity index is 780. The molecule has 0 saturated carbocycles. The number of ether oxygens (including phenoxy) is 2. The third kappa shape index (κ3) is 4.94. The first kappa shape index (κ1) is 19.2. The Labute approximate surface area is 149 Å². The van der Waals surface area contributed by atoms with E-state index in [1.807, 2.05) is 30.3 Å². The maximum Gasteiger partial charge on any atom is 0.242 e. The zero-order valence-electron chi connectivity index (χ0n) is 14.9. The molecule has 0 saturated heterocycles. The lowest BCUT2D eigenvalue weighted by Gasteiger charge is -2.12. The summed E-state index contributed by atoms with van der Waals surface area (Å²) in [6.07, 6.45) is 0. The third-order valence-electron chi connectivity index (χ3n) is 3.77. The number of benzene rings is 2. The van der Waals surface area contributed by atoms with Crippen LogP contribution in [0.3, 0.4) is 0 Å². The Morgan fingerprint density at radius 1 is 0.880 bits per heavy atom. The van der Waals surface area contributed by atoms with Gasteiger partial charge in [0.05, 0.1) is 19.1 Å². The average Bonchev–Trinajstić information content (AvgIpc) is 2.61. The number of hydrogen-bond acceptors (Lipinski definition) is 5. The molecule has 136 valence electrons. The molecule has 0 radical (unpaired) electrons. The quantitative estimate of drug-likeness (QED) is 0.778. The molecule has 0 aliphatic rings. The second-order valence-electron chi connectivity index (χ2n) is 5.76. The van der Waals surface area contributed by atoms with Crippen molar-refractivity contribution in [1.29, 1.82) is 0 Å². The van der Waals surface area contributed by atoms with Gasteiger partial charge in [-0.3, -0.25) is 0 Å². The number of nitrogens with one attached hydrogen (secondary N) is 1. The molecule has 2 aromatic carbocycles. The van der Waals surface area contributed by atoms with E-state index in [9.17, 15) is 8.42 Å². The van der Waals surface area contributed by atoms with Crippen molar-refractivity contribution in [3.8, 4) is 11.5 Å². The van der Waals surface area contributed by atoms with Gasteiger partial charge in [0.25, 0.3) is 0 Å². The molecule has 0 spiro atoms. The van der Waals surface area contributed by atoms with Crippen LogP contribution in [0.15, 0.2) is 47.4 Å². The highest BCUT2D eigenvalue weighted by Gasteiger charge is 2.16. The predicted molar refractivity (Wildman–Crippen MR) is 97.4 cm³/mol. The monoisotopic (exact) mass is 364 g/mol. The Morgan fingerprint density at radius 3 is 1.88 bits per heavy atom. The molecule has 6 nitrogen and oxygen atoms in total. The summed E-state index contributed by atoms with van der Waals surface area (Å²) in [6.45, 7) is 1.27. The fourth-order valence-electron chi connectivity index (χ4n) is 2.31. The SMILES string of the molecule is COc1cc(CNCc2ccc(S(=O)(=O)N(C)C)cc2)cc(OC)c1. The Kier molecular flexibility index (Phi) is 6.41. The lowest BCUT2D eigenvalue weighted by molar-refractivity contribution is 0.393. The summed E-state index contributed by atoms with van der Waals surface area (Å²) in [6, 6.07) is 12.6. The standard InChI is InChI=1S/C18H24N2O4S/c1-20(2)25(21,22)18-7-5-14(6-8-18)12-19-13-15-9-16(23-3)11-17(10-15)24-4/h5-11,19H,12-13H2,1-4H3. The van der Waals surface area contributed by atoms with Crippen LogP contribution in [-0.4, -0.2) is 41.0 Å². The van der Waals surface area contributed by atoms with E-state index in [4.69, 9.17) is 9.47 Å². The number of sulfonamides is 1. The van der Waals surface area contributed by atoms with Gasteiger partial charge in [-0.25, -0.2) is 12.7 Å². The Hall–Kier alpha value is -2.09. The maximum absolute atomic E-state index is 12.0. The highest BCUT2D eigenvalue weighted by atomic mass is 32.2. The lowest BCUT2D eigenvalue weighted by Crippen LogP contribution is -2.22. The van der Waals surface area contributed by atoms with Crippen molar-refractivity contribution in [3.63, 3.8) is 0 Å². The molecule has 2 aromatic rings.